The van der Waals surface area contributed by atoms with Gasteiger partial charge in [0.25, 0.3) is 0 Å². The lowest BCUT2D eigenvalue weighted by Crippen LogP contribution is -2.13. The summed E-state index contributed by atoms with van der Waals surface area (Å²) in [7, 11) is 0. The Balaban J connectivity index is 2.03. The van der Waals surface area contributed by atoms with E-state index in [2.05, 4.69) is 27.3 Å². The van der Waals surface area contributed by atoms with Crippen molar-refractivity contribution in [3.8, 4) is 6.07 Å². The molecule has 1 atom stereocenters. The maximum Gasteiger partial charge on any atom is 0.133 e. The van der Waals surface area contributed by atoms with E-state index >= 15 is 0 Å². The summed E-state index contributed by atoms with van der Waals surface area (Å²) in [6.07, 6.45) is 3.80. The van der Waals surface area contributed by atoms with Gasteiger partial charge in [-0.15, -0.1) is 0 Å². The van der Waals surface area contributed by atoms with Crippen molar-refractivity contribution in [2.75, 3.05) is 5.32 Å². The third-order valence-electron chi connectivity index (χ3n) is 2.59. The van der Waals surface area contributed by atoms with Gasteiger partial charge in [-0.25, -0.2) is 0 Å². The Morgan fingerprint density at radius 3 is 2.37 bits per heavy atom. The zero-order valence-electron chi connectivity index (χ0n) is 10.3. The van der Waals surface area contributed by atoms with E-state index in [9.17, 15) is 0 Å². The molecule has 2 rings (SSSR count). The second-order valence-electron chi connectivity index (χ2n) is 4.03. The predicted octanol–water partition coefficient (Wildman–Crippen LogP) is 4.47. The van der Waals surface area contributed by atoms with Crippen LogP contribution in [0.5, 0.6) is 0 Å². The van der Waals surface area contributed by atoms with Gasteiger partial charge in [-0.2, -0.15) is 5.26 Å². The lowest BCUT2D eigenvalue weighted by Gasteiger charge is -2.08. The van der Waals surface area contributed by atoms with Crippen LogP contribution in [-0.2, 0) is 0 Å². The van der Waals surface area contributed by atoms with Crippen molar-refractivity contribution in [3.05, 3.63) is 70.7 Å². The molecular formula is C16H13BrN2. The lowest BCUT2D eigenvalue weighted by molar-refractivity contribution is 1.12. The molecule has 0 aliphatic carbocycles. The Morgan fingerprint density at radius 2 is 1.74 bits per heavy atom. The van der Waals surface area contributed by atoms with Crippen LogP contribution in [-0.4, -0.2) is 6.04 Å². The van der Waals surface area contributed by atoms with Crippen molar-refractivity contribution in [1.29, 1.82) is 5.26 Å². The number of anilines is 1. The Labute approximate surface area is 121 Å². The van der Waals surface area contributed by atoms with Gasteiger partial charge in [0.05, 0.1) is 6.07 Å². The summed E-state index contributed by atoms with van der Waals surface area (Å²) < 4.78 is 1.02. The highest BCUT2D eigenvalue weighted by atomic mass is 79.9. The first-order valence-corrected chi connectivity index (χ1v) is 6.72. The summed E-state index contributed by atoms with van der Waals surface area (Å²) >= 11 is 3.38. The van der Waals surface area contributed by atoms with Gasteiger partial charge >= 0.3 is 0 Å². The van der Waals surface area contributed by atoms with Crippen molar-refractivity contribution in [1.82, 2.24) is 0 Å². The standard InChI is InChI=1S/C16H13BrN2/c17-14-7-10-15(11-8-14)19-16(12-18)9-6-13-4-2-1-3-5-13/h1-11,16,19H/b9-6+. The molecule has 0 radical (unpaired) electrons. The molecule has 0 aliphatic rings. The van der Waals surface area contributed by atoms with E-state index in [0.717, 1.165) is 15.7 Å². The van der Waals surface area contributed by atoms with E-state index in [4.69, 9.17) is 5.26 Å². The minimum atomic E-state index is -0.346. The molecule has 0 amide bonds. The summed E-state index contributed by atoms with van der Waals surface area (Å²) in [6, 6.07) is 19.6. The molecule has 0 fully saturated rings. The molecule has 19 heavy (non-hydrogen) atoms. The normalized spacial score (nSPS) is 12.0. The van der Waals surface area contributed by atoms with Gasteiger partial charge in [0, 0.05) is 10.2 Å². The van der Waals surface area contributed by atoms with Crippen LogP contribution in [0.15, 0.2) is 65.1 Å². The third-order valence-corrected chi connectivity index (χ3v) is 3.11. The van der Waals surface area contributed by atoms with Crippen LogP contribution in [0.2, 0.25) is 0 Å². The fourth-order valence-corrected chi connectivity index (χ4v) is 1.88. The minimum Gasteiger partial charge on any atom is -0.367 e. The second kappa shape index (κ2) is 6.77. The number of benzene rings is 2. The van der Waals surface area contributed by atoms with E-state index in [1.165, 1.54) is 0 Å². The number of nitrogens with zero attached hydrogens (tertiary/aromatic N) is 1. The first-order chi connectivity index (χ1) is 9.28. The Hall–Kier alpha value is -2.05. The number of hydrogen-bond acceptors (Lipinski definition) is 2. The van der Waals surface area contributed by atoms with Crippen LogP contribution in [0.1, 0.15) is 5.56 Å². The Kier molecular flexibility index (Phi) is 4.77. The van der Waals surface area contributed by atoms with Gasteiger partial charge in [-0.3, -0.25) is 0 Å². The average molecular weight is 313 g/mol. The third kappa shape index (κ3) is 4.27. The molecule has 0 saturated carbocycles. The highest BCUT2D eigenvalue weighted by Gasteiger charge is 2.02. The monoisotopic (exact) mass is 312 g/mol. The zero-order valence-corrected chi connectivity index (χ0v) is 11.8. The lowest BCUT2D eigenvalue weighted by atomic mass is 10.1. The van der Waals surface area contributed by atoms with Gasteiger partial charge in [0.2, 0.25) is 0 Å². The highest BCUT2D eigenvalue weighted by Crippen LogP contribution is 2.15. The van der Waals surface area contributed by atoms with E-state index in [1.807, 2.05) is 66.7 Å². The van der Waals surface area contributed by atoms with Crippen molar-refractivity contribution >= 4 is 27.7 Å². The number of nitriles is 1. The molecule has 0 aromatic heterocycles. The molecule has 0 bridgehead atoms. The molecule has 2 aromatic carbocycles. The van der Waals surface area contributed by atoms with Gasteiger partial charge in [-0.05, 0) is 35.9 Å². The van der Waals surface area contributed by atoms with E-state index < -0.39 is 0 Å². The Morgan fingerprint density at radius 1 is 1.05 bits per heavy atom. The minimum absolute atomic E-state index is 0.346. The van der Waals surface area contributed by atoms with E-state index in [-0.39, 0.29) is 6.04 Å². The van der Waals surface area contributed by atoms with Gasteiger partial charge < -0.3 is 5.32 Å². The molecular weight excluding hydrogens is 300 g/mol. The quantitative estimate of drug-likeness (QED) is 0.904. The predicted molar refractivity (Wildman–Crippen MR) is 82.6 cm³/mol. The molecule has 0 saturated heterocycles. The number of nitrogens with one attached hydrogen (secondary N) is 1. The Bertz CT molecular complexity index is 582. The summed E-state index contributed by atoms with van der Waals surface area (Å²) in [5.74, 6) is 0. The molecule has 3 heteroatoms. The number of rotatable bonds is 4. The van der Waals surface area contributed by atoms with Crippen molar-refractivity contribution in [2.45, 2.75) is 6.04 Å². The molecule has 94 valence electrons. The van der Waals surface area contributed by atoms with E-state index in [1.54, 1.807) is 0 Å². The average Bonchev–Trinajstić information content (AvgIpc) is 2.46. The second-order valence-corrected chi connectivity index (χ2v) is 4.94. The van der Waals surface area contributed by atoms with Gasteiger partial charge in [-0.1, -0.05) is 52.3 Å². The largest absolute Gasteiger partial charge is 0.367 e. The first-order valence-electron chi connectivity index (χ1n) is 5.93. The number of hydrogen-bond donors (Lipinski definition) is 1. The van der Waals surface area contributed by atoms with Crippen molar-refractivity contribution < 1.29 is 0 Å². The van der Waals surface area contributed by atoms with Crippen LogP contribution in [0.25, 0.3) is 6.08 Å². The van der Waals surface area contributed by atoms with Crippen LogP contribution >= 0.6 is 15.9 Å². The number of halogens is 1. The molecule has 1 unspecified atom stereocenters. The molecule has 2 nitrogen and oxygen atoms in total. The highest BCUT2D eigenvalue weighted by molar-refractivity contribution is 9.10. The summed E-state index contributed by atoms with van der Waals surface area (Å²) in [5, 5.41) is 12.3. The smallest absolute Gasteiger partial charge is 0.133 e. The van der Waals surface area contributed by atoms with E-state index in [0.29, 0.717) is 0 Å². The molecule has 0 spiro atoms. The van der Waals surface area contributed by atoms with Crippen molar-refractivity contribution in [2.24, 2.45) is 0 Å². The van der Waals surface area contributed by atoms with Crippen LogP contribution in [0.4, 0.5) is 5.69 Å². The zero-order chi connectivity index (χ0) is 13.5. The molecule has 2 aromatic rings. The van der Waals surface area contributed by atoms with Crippen LogP contribution < -0.4 is 5.32 Å². The molecule has 1 N–H and O–H groups in total. The van der Waals surface area contributed by atoms with Gasteiger partial charge in [0.15, 0.2) is 0 Å². The molecule has 0 aliphatic heterocycles. The topological polar surface area (TPSA) is 35.8 Å². The maximum absolute atomic E-state index is 9.15. The van der Waals surface area contributed by atoms with Gasteiger partial charge in [0.1, 0.15) is 6.04 Å². The fourth-order valence-electron chi connectivity index (χ4n) is 1.62. The molecule has 0 heterocycles. The maximum atomic E-state index is 9.15. The van der Waals surface area contributed by atoms with Crippen LogP contribution in [0, 0.1) is 11.3 Å². The summed E-state index contributed by atoms with van der Waals surface area (Å²) in [6.45, 7) is 0. The summed E-state index contributed by atoms with van der Waals surface area (Å²) in [5.41, 5.74) is 2.01. The first kappa shape index (κ1) is 13.4. The van der Waals surface area contributed by atoms with Crippen molar-refractivity contribution in [3.63, 3.8) is 0 Å². The SMILES string of the molecule is N#CC(/C=C/c1ccccc1)Nc1ccc(Br)cc1. The fraction of sp³-hybridized carbons (Fsp3) is 0.0625. The summed E-state index contributed by atoms with van der Waals surface area (Å²) in [4.78, 5) is 0. The van der Waals surface area contributed by atoms with Crippen LogP contribution in [0.3, 0.4) is 0 Å².